The standard InChI is InChI=1S/C10H8F2O4/c11-7-3-1-2-6(4-7)5-10(12,8(13)14)9(15)16/h1-4H,5H2,(H,13,14)(H,15,16). The molecule has 0 amide bonds. The second-order valence-electron chi connectivity index (χ2n) is 3.22. The summed E-state index contributed by atoms with van der Waals surface area (Å²) in [7, 11) is 0. The van der Waals surface area contributed by atoms with E-state index in [1.165, 1.54) is 12.1 Å². The first kappa shape index (κ1) is 12.1. The van der Waals surface area contributed by atoms with Crippen molar-refractivity contribution in [2.45, 2.75) is 12.1 Å². The van der Waals surface area contributed by atoms with Crippen molar-refractivity contribution in [1.82, 2.24) is 0 Å². The van der Waals surface area contributed by atoms with E-state index in [2.05, 4.69) is 0 Å². The molecule has 0 aliphatic heterocycles. The van der Waals surface area contributed by atoms with Crippen LogP contribution in [-0.4, -0.2) is 27.8 Å². The maximum Gasteiger partial charge on any atom is 0.353 e. The van der Waals surface area contributed by atoms with Gasteiger partial charge in [-0.25, -0.2) is 18.4 Å². The zero-order valence-corrected chi connectivity index (χ0v) is 7.98. The Hall–Kier alpha value is -1.98. The number of hydrogen-bond donors (Lipinski definition) is 2. The SMILES string of the molecule is O=C(O)C(F)(Cc1cccc(F)c1)C(=O)O. The van der Waals surface area contributed by atoms with Crippen molar-refractivity contribution in [3.8, 4) is 0 Å². The molecule has 86 valence electrons. The van der Waals surface area contributed by atoms with E-state index in [0.29, 0.717) is 0 Å². The van der Waals surface area contributed by atoms with Crippen molar-refractivity contribution in [3.05, 3.63) is 35.6 Å². The maximum absolute atomic E-state index is 13.5. The molecule has 0 aliphatic carbocycles. The number of carboxylic acid groups (broad SMARTS) is 2. The molecular weight excluding hydrogens is 222 g/mol. The second kappa shape index (κ2) is 4.26. The molecule has 0 atom stereocenters. The van der Waals surface area contributed by atoms with Crippen LogP contribution in [0.4, 0.5) is 8.78 Å². The largest absolute Gasteiger partial charge is 0.478 e. The number of aliphatic carboxylic acids is 2. The van der Waals surface area contributed by atoms with Crippen LogP contribution in [0.15, 0.2) is 24.3 Å². The minimum atomic E-state index is -3.44. The third-order valence-electron chi connectivity index (χ3n) is 2.01. The van der Waals surface area contributed by atoms with Crippen molar-refractivity contribution in [3.63, 3.8) is 0 Å². The van der Waals surface area contributed by atoms with E-state index >= 15 is 0 Å². The number of rotatable bonds is 4. The van der Waals surface area contributed by atoms with Gasteiger partial charge in [0, 0.05) is 6.42 Å². The molecule has 16 heavy (non-hydrogen) atoms. The quantitative estimate of drug-likeness (QED) is 0.763. The highest BCUT2D eigenvalue weighted by molar-refractivity contribution is 6.01. The average molecular weight is 230 g/mol. The Kier molecular flexibility index (Phi) is 3.22. The number of halogens is 2. The van der Waals surface area contributed by atoms with Crippen LogP contribution in [0.25, 0.3) is 0 Å². The molecule has 0 spiro atoms. The molecule has 0 saturated carbocycles. The fourth-order valence-corrected chi connectivity index (χ4v) is 1.17. The van der Waals surface area contributed by atoms with E-state index < -0.39 is 29.8 Å². The van der Waals surface area contributed by atoms with Crippen molar-refractivity contribution in [2.24, 2.45) is 0 Å². The van der Waals surface area contributed by atoms with Crippen molar-refractivity contribution in [1.29, 1.82) is 0 Å². The third kappa shape index (κ3) is 2.33. The predicted molar refractivity (Wildman–Crippen MR) is 49.2 cm³/mol. The Balaban J connectivity index is 3.02. The number of carboxylic acids is 2. The Bertz CT molecular complexity index is 417. The molecule has 0 fully saturated rings. The smallest absolute Gasteiger partial charge is 0.353 e. The molecule has 6 heteroatoms. The van der Waals surface area contributed by atoms with Gasteiger partial charge >= 0.3 is 17.6 Å². The molecule has 1 aromatic carbocycles. The molecule has 0 aliphatic rings. The lowest BCUT2D eigenvalue weighted by Gasteiger charge is -2.15. The van der Waals surface area contributed by atoms with Gasteiger partial charge in [0.2, 0.25) is 0 Å². The summed E-state index contributed by atoms with van der Waals surface area (Å²) in [6.07, 6.45) is -0.921. The van der Waals surface area contributed by atoms with Gasteiger partial charge in [-0.2, -0.15) is 0 Å². The zero-order valence-electron chi connectivity index (χ0n) is 7.98. The second-order valence-corrected chi connectivity index (χ2v) is 3.22. The Morgan fingerprint density at radius 3 is 2.25 bits per heavy atom. The molecule has 0 aromatic heterocycles. The normalized spacial score (nSPS) is 11.1. The predicted octanol–water partition coefficient (Wildman–Crippen LogP) is 1.25. The van der Waals surface area contributed by atoms with Gasteiger partial charge in [0.25, 0.3) is 0 Å². The van der Waals surface area contributed by atoms with Crippen LogP contribution < -0.4 is 0 Å². The van der Waals surface area contributed by atoms with Crippen molar-refractivity contribution in [2.75, 3.05) is 0 Å². The molecule has 0 radical (unpaired) electrons. The lowest BCUT2D eigenvalue weighted by atomic mass is 9.96. The lowest BCUT2D eigenvalue weighted by Crippen LogP contribution is -2.44. The number of carbonyl (C=O) groups is 2. The summed E-state index contributed by atoms with van der Waals surface area (Å²) < 4.78 is 26.3. The fraction of sp³-hybridized carbons (Fsp3) is 0.200. The molecule has 0 bridgehead atoms. The topological polar surface area (TPSA) is 74.6 Å². The summed E-state index contributed by atoms with van der Waals surface area (Å²) in [5, 5.41) is 17.0. The maximum atomic E-state index is 13.5. The van der Waals surface area contributed by atoms with Gasteiger partial charge in [-0.15, -0.1) is 0 Å². The molecule has 1 rings (SSSR count). The van der Waals surface area contributed by atoms with Gasteiger partial charge < -0.3 is 10.2 Å². The van der Waals surface area contributed by atoms with Crippen LogP contribution in [0, 0.1) is 5.82 Å². The van der Waals surface area contributed by atoms with Crippen LogP contribution in [0.2, 0.25) is 0 Å². The Morgan fingerprint density at radius 2 is 1.81 bits per heavy atom. The highest BCUT2D eigenvalue weighted by Crippen LogP contribution is 2.19. The van der Waals surface area contributed by atoms with Crippen molar-refractivity contribution >= 4 is 11.9 Å². The van der Waals surface area contributed by atoms with E-state index in [0.717, 1.165) is 12.1 Å². The van der Waals surface area contributed by atoms with Gasteiger partial charge in [-0.1, -0.05) is 12.1 Å². The van der Waals surface area contributed by atoms with E-state index in [1.807, 2.05) is 0 Å². The van der Waals surface area contributed by atoms with Crippen molar-refractivity contribution < 1.29 is 28.6 Å². The molecule has 0 saturated heterocycles. The first-order chi connectivity index (χ1) is 7.36. The first-order valence-corrected chi connectivity index (χ1v) is 4.26. The molecule has 4 nitrogen and oxygen atoms in total. The summed E-state index contributed by atoms with van der Waals surface area (Å²) in [6, 6.07) is 4.48. The summed E-state index contributed by atoms with van der Waals surface area (Å²) in [5.41, 5.74) is -3.47. The van der Waals surface area contributed by atoms with Gasteiger partial charge in [0.1, 0.15) is 5.82 Å². The monoisotopic (exact) mass is 230 g/mol. The van der Waals surface area contributed by atoms with Gasteiger partial charge in [0.05, 0.1) is 0 Å². The fourth-order valence-electron chi connectivity index (χ4n) is 1.17. The minimum absolute atomic E-state index is 0.0349. The minimum Gasteiger partial charge on any atom is -0.478 e. The molecule has 2 N–H and O–H groups in total. The summed E-state index contributed by atoms with van der Waals surface area (Å²) in [6.45, 7) is 0. The Labute approximate surface area is 89.1 Å². The van der Waals surface area contributed by atoms with Crippen LogP contribution >= 0.6 is 0 Å². The van der Waals surface area contributed by atoms with E-state index in [9.17, 15) is 18.4 Å². The van der Waals surface area contributed by atoms with Gasteiger partial charge in [-0.05, 0) is 17.7 Å². The van der Waals surface area contributed by atoms with Crippen LogP contribution in [0.1, 0.15) is 5.56 Å². The van der Waals surface area contributed by atoms with E-state index in [-0.39, 0.29) is 5.56 Å². The molecule has 0 heterocycles. The number of benzene rings is 1. The molecule has 0 unspecified atom stereocenters. The van der Waals surface area contributed by atoms with Crippen LogP contribution in [0.3, 0.4) is 0 Å². The number of hydrogen-bond acceptors (Lipinski definition) is 2. The molecule has 1 aromatic rings. The summed E-state index contributed by atoms with van der Waals surface area (Å²) >= 11 is 0. The third-order valence-corrected chi connectivity index (χ3v) is 2.01. The first-order valence-electron chi connectivity index (χ1n) is 4.26. The van der Waals surface area contributed by atoms with Crippen LogP contribution in [0.5, 0.6) is 0 Å². The van der Waals surface area contributed by atoms with Gasteiger partial charge in [-0.3, -0.25) is 0 Å². The summed E-state index contributed by atoms with van der Waals surface area (Å²) in [4.78, 5) is 21.0. The highest BCUT2D eigenvalue weighted by atomic mass is 19.1. The lowest BCUT2D eigenvalue weighted by molar-refractivity contribution is -0.166. The van der Waals surface area contributed by atoms with E-state index in [4.69, 9.17) is 10.2 Å². The summed E-state index contributed by atoms with van der Waals surface area (Å²) in [5.74, 6) is -4.90. The zero-order chi connectivity index (χ0) is 12.3. The van der Waals surface area contributed by atoms with E-state index in [1.54, 1.807) is 0 Å². The van der Waals surface area contributed by atoms with Crippen LogP contribution in [-0.2, 0) is 16.0 Å². The highest BCUT2D eigenvalue weighted by Gasteiger charge is 2.47. The Morgan fingerprint density at radius 1 is 1.25 bits per heavy atom. The average Bonchev–Trinajstić information content (AvgIpc) is 2.16. The molecular formula is C10H8F2O4. The number of alkyl halides is 1. The van der Waals surface area contributed by atoms with Gasteiger partial charge in [0.15, 0.2) is 0 Å².